The maximum atomic E-state index is 13.1. The van der Waals surface area contributed by atoms with Gasteiger partial charge in [0.1, 0.15) is 5.70 Å². The Hall–Kier alpha value is -2.63. The lowest BCUT2D eigenvalue weighted by molar-refractivity contribution is -0.136. The predicted molar refractivity (Wildman–Crippen MR) is 125 cm³/mol. The molecular weight excluding hydrogens is 448 g/mol. The van der Waals surface area contributed by atoms with Crippen molar-refractivity contribution in [1.82, 2.24) is 9.80 Å². The summed E-state index contributed by atoms with van der Waals surface area (Å²) in [6.45, 7) is 6.26. The van der Waals surface area contributed by atoms with Crippen LogP contribution in [0.25, 0.3) is 0 Å². The fourth-order valence-corrected chi connectivity index (χ4v) is 5.04. The van der Waals surface area contributed by atoms with Crippen molar-refractivity contribution < 1.29 is 27.9 Å². The van der Waals surface area contributed by atoms with Crippen LogP contribution in [-0.2, 0) is 24.2 Å². The molecule has 0 atom stereocenters. The lowest BCUT2D eigenvalue weighted by Crippen LogP contribution is -2.44. The van der Waals surface area contributed by atoms with E-state index in [4.69, 9.17) is 4.74 Å². The van der Waals surface area contributed by atoms with Crippen molar-refractivity contribution in [3.05, 3.63) is 29.5 Å². The van der Waals surface area contributed by atoms with Gasteiger partial charge in [-0.15, -0.1) is 0 Å². The average Bonchev–Trinajstić information content (AvgIpc) is 3.09. The van der Waals surface area contributed by atoms with Gasteiger partial charge in [0.15, 0.2) is 9.84 Å². The smallest absolute Gasteiger partial charge is 0.337 e. The van der Waals surface area contributed by atoms with E-state index in [1.54, 1.807) is 32.0 Å². The first-order valence-corrected chi connectivity index (χ1v) is 12.4. The Labute approximate surface area is 194 Å². The van der Waals surface area contributed by atoms with E-state index in [9.17, 15) is 23.1 Å². The largest absolute Gasteiger partial charge is 0.466 e. The molecule has 1 amide bonds. The second-order valence-corrected chi connectivity index (χ2v) is 11.0. The molecule has 1 aromatic carbocycles. The van der Waals surface area contributed by atoms with Gasteiger partial charge in [0, 0.05) is 38.4 Å². The van der Waals surface area contributed by atoms with Crippen LogP contribution in [0.2, 0.25) is 0 Å². The van der Waals surface area contributed by atoms with Gasteiger partial charge in [-0.05, 0) is 39.1 Å². The van der Waals surface area contributed by atoms with Gasteiger partial charge in [-0.25, -0.2) is 13.2 Å². The first-order valence-electron chi connectivity index (χ1n) is 10.9. The van der Waals surface area contributed by atoms with Crippen LogP contribution in [0, 0.1) is 0 Å². The molecule has 0 unspecified atom stereocenters. The van der Waals surface area contributed by atoms with Crippen LogP contribution in [0.15, 0.2) is 34.4 Å². The number of hydrogen-bond acceptors (Lipinski definition) is 9. The number of methoxy groups -OCH3 is 1. The summed E-state index contributed by atoms with van der Waals surface area (Å²) >= 11 is 0. The molecule has 0 radical (unpaired) electrons. The normalized spacial score (nSPS) is 17.8. The Morgan fingerprint density at radius 1 is 1.21 bits per heavy atom. The number of ether oxygens (including phenoxy) is 1. The third-order valence-electron chi connectivity index (χ3n) is 5.97. The Morgan fingerprint density at radius 2 is 1.88 bits per heavy atom. The second-order valence-electron chi connectivity index (χ2n) is 8.49. The van der Waals surface area contributed by atoms with E-state index < -0.39 is 27.0 Å². The van der Waals surface area contributed by atoms with E-state index in [0.717, 1.165) is 31.9 Å². The number of sulfone groups is 1. The van der Waals surface area contributed by atoms with Crippen LogP contribution >= 0.6 is 0 Å². The number of anilines is 2. The highest BCUT2D eigenvalue weighted by molar-refractivity contribution is 7.92. The molecule has 1 fully saturated rings. The Morgan fingerprint density at radius 3 is 2.45 bits per heavy atom. The number of carbonyl (C=O) groups is 2. The van der Waals surface area contributed by atoms with Crippen molar-refractivity contribution in [2.45, 2.75) is 24.0 Å². The third kappa shape index (κ3) is 5.15. The van der Waals surface area contributed by atoms with Gasteiger partial charge in [-0.1, -0.05) is 0 Å². The first kappa shape index (κ1) is 25.0. The van der Waals surface area contributed by atoms with E-state index in [1.807, 2.05) is 7.05 Å². The summed E-state index contributed by atoms with van der Waals surface area (Å²) < 4.78 is 31.0. The number of hydrogen-bond donors (Lipinski definition) is 2. The molecule has 33 heavy (non-hydrogen) atoms. The average molecular weight is 481 g/mol. The predicted octanol–water partition coefficient (Wildman–Crippen LogP) is 0.294. The quantitative estimate of drug-likeness (QED) is 0.506. The fraction of sp³-hybridized carbons (Fsp3) is 0.545. The number of amides is 1. The summed E-state index contributed by atoms with van der Waals surface area (Å²) in [7, 11) is -0.417. The lowest BCUT2D eigenvalue weighted by Gasteiger charge is -2.34. The first-order chi connectivity index (χ1) is 15.6. The zero-order valence-electron chi connectivity index (χ0n) is 19.5. The minimum atomic E-state index is -3.68. The highest BCUT2D eigenvalue weighted by Gasteiger charge is 2.35. The molecule has 0 aliphatic carbocycles. The molecule has 2 aliphatic rings. The van der Waals surface area contributed by atoms with Gasteiger partial charge >= 0.3 is 5.97 Å². The minimum absolute atomic E-state index is 0.0290. The van der Waals surface area contributed by atoms with Crippen molar-refractivity contribution in [3.63, 3.8) is 0 Å². The molecule has 0 aromatic heterocycles. The molecule has 1 saturated heterocycles. The van der Waals surface area contributed by atoms with Gasteiger partial charge in [0.05, 0.1) is 41.7 Å². The Kier molecular flexibility index (Phi) is 7.65. The zero-order chi connectivity index (χ0) is 24.3. The van der Waals surface area contributed by atoms with Gasteiger partial charge in [0.25, 0.3) is 5.91 Å². The summed E-state index contributed by atoms with van der Waals surface area (Å²) in [5, 5.41) is 11.6. The fourth-order valence-electron chi connectivity index (χ4n) is 3.86. The van der Waals surface area contributed by atoms with Crippen LogP contribution < -0.4 is 10.2 Å². The summed E-state index contributed by atoms with van der Waals surface area (Å²) in [5.41, 5.74) is 1.11. The maximum Gasteiger partial charge on any atom is 0.337 e. The number of rotatable bonds is 8. The number of esters is 1. The van der Waals surface area contributed by atoms with Gasteiger partial charge in [-0.3, -0.25) is 4.79 Å². The maximum absolute atomic E-state index is 13.1. The number of benzene rings is 1. The summed E-state index contributed by atoms with van der Waals surface area (Å²) in [6.07, 6.45) is 0. The molecule has 0 saturated carbocycles. The molecule has 3 rings (SSSR count). The number of nitrogens with one attached hydrogen (secondary N) is 1. The summed E-state index contributed by atoms with van der Waals surface area (Å²) in [4.78, 5) is 31.1. The number of piperazine rings is 1. The van der Waals surface area contributed by atoms with E-state index in [0.29, 0.717) is 0 Å². The topological polar surface area (TPSA) is 119 Å². The zero-order valence-corrected chi connectivity index (χ0v) is 20.3. The van der Waals surface area contributed by atoms with E-state index >= 15 is 0 Å². The number of nitrogens with zero attached hydrogens (tertiary/aromatic N) is 3. The van der Waals surface area contributed by atoms with Crippen molar-refractivity contribution in [2.75, 3.05) is 70.2 Å². The highest BCUT2D eigenvalue weighted by Crippen LogP contribution is 2.33. The number of aliphatic hydroxyl groups is 1. The molecule has 11 heteroatoms. The molecule has 0 spiro atoms. The van der Waals surface area contributed by atoms with Crippen LogP contribution in [0.1, 0.15) is 13.8 Å². The molecule has 1 aromatic rings. The summed E-state index contributed by atoms with van der Waals surface area (Å²) in [5.74, 6) is -1.18. The Bertz CT molecular complexity index is 1040. The standard InChI is InChI=1S/C22H32N4O6S/c1-15(2)33(30,31)19-6-5-16(25-9-7-24(3)8-10-25)13-18(19)23-20-17(22(29)32-4)14-26(11-12-27)21(20)28/h5-6,13,15,23,27H,7-12,14H2,1-4H3. The number of carbonyl (C=O) groups excluding carboxylic acids is 2. The molecule has 0 bridgehead atoms. The van der Waals surface area contributed by atoms with Crippen LogP contribution in [0.3, 0.4) is 0 Å². The number of aliphatic hydroxyl groups excluding tert-OH is 1. The van der Waals surface area contributed by atoms with Gasteiger partial charge in [-0.2, -0.15) is 0 Å². The highest BCUT2D eigenvalue weighted by atomic mass is 32.2. The SMILES string of the molecule is COC(=O)C1=C(Nc2cc(N3CCN(C)CC3)ccc2S(=O)(=O)C(C)C)C(=O)N(CCO)C1. The number of likely N-dealkylation sites (N-methyl/N-ethyl adjacent to an activating group) is 1. The van der Waals surface area contributed by atoms with Crippen LogP contribution in [-0.4, -0.2) is 100 Å². The lowest BCUT2D eigenvalue weighted by atomic mass is 10.2. The third-order valence-corrected chi connectivity index (χ3v) is 8.18. The molecule has 2 heterocycles. The minimum Gasteiger partial charge on any atom is -0.466 e. The molecule has 182 valence electrons. The molecule has 10 nitrogen and oxygen atoms in total. The van der Waals surface area contributed by atoms with E-state index in [-0.39, 0.29) is 41.5 Å². The molecule has 2 aliphatic heterocycles. The van der Waals surface area contributed by atoms with Crippen molar-refractivity contribution in [1.29, 1.82) is 0 Å². The van der Waals surface area contributed by atoms with Gasteiger partial charge in [0.2, 0.25) is 0 Å². The van der Waals surface area contributed by atoms with Gasteiger partial charge < -0.3 is 29.9 Å². The molecule has 2 N–H and O–H groups in total. The van der Waals surface area contributed by atoms with Crippen molar-refractivity contribution in [3.8, 4) is 0 Å². The van der Waals surface area contributed by atoms with Crippen molar-refractivity contribution >= 4 is 33.1 Å². The van der Waals surface area contributed by atoms with E-state index in [1.165, 1.54) is 12.0 Å². The summed E-state index contributed by atoms with van der Waals surface area (Å²) in [6, 6.07) is 5.04. The van der Waals surface area contributed by atoms with Crippen LogP contribution in [0.4, 0.5) is 11.4 Å². The van der Waals surface area contributed by atoms with E-state index in [2.05, 4.69) is 15.1 Å². The number of β-amino-alcohol motifs (C(OH)–C–C–N with tert-alkyl or cyclic N) is 1. The Balaban J connectivity index is 2.07. The molecular formula is C22H32N4O6S. The van der Waals surface area contributed by atoms with Crippen molar-refractivity contribution in [2.24, 2.45) is 0 Å². The monoisotopic (exact) mass is 480 g/mol. The van der Waals surface area contributed by atoms with Crippen LogP contribution in [0.5, 0.6) is 0 Å². The second kappa shape index (κ2) is 10.1.